The summed E-state index contributed by atoms with van der Waals surface area (Å²) in [5.41, 5.74) is 3.13. The molecule has 28 heavy (non-hydrogen) atoms. The second-order valence-corrected chi connectivity index (χ2v) is 6.66. The zero-order valence-electron chi connectivity index (χ0n) is 16.2. The van der Waals surface area contributed by atoms with Crippen LogP contribution in [-0.2, 0) is 7.05 Å². The molecule has 144 valence electrons. The summed E-state index contributed by atoms with van der Waals surface area (Å²) in [4.78, 5) is 6.77. The lowest BCUT2D eigenvalue weighted by molar-refractivity contribution is 0.404. The first-order valence-corrected chi connectivity index (χ1v) is 8.88. The lowest BCUT2D eigenvalue weighted by Gasteiger charge is -2.27. The Morgan fingerprint density at radius 1 is 1.18 bits per heavy atom. The molecule has 0 N–H and O–H groups in total. The molecule has 1 aromatic carbocycles. The van der Waals surface area contributed by atoms with E-state index >= 15 is 0 Å². The first-order valence-electron chi connectivity index (χ1n) is 8.88. The highest BCUT2D eigenvalue weighted by molar-refractivity contribution is 5.75. The molecule has 0 saturated heterocycles. The van der Waals surface area contributed by atoms with Crippen LogP contribution in [0.5, 0.6) is 5.75 Å². The van der Waals surface area contributed by atoms with E-state index in [-0.39, 0.29) is 11.9 Å². The molecule has 7 nitrogen and oxygen atoms in total. The fourth-order valence-corrected chi connectivity index (χ4v) is 3.23. The van der Waals surface area contributed by atoms with Crippen molar-refractivity contribution in [2.24, 2.45) is 7.05 Å². The molecule has 0 bridgehead atoms. The largest absolute Gasteiger partial charge is 0.496 e. The summed E-state index contributed by atoms with van der Waals surface area (Å²) >= 11 is 0. The van der Waals surface area contributed by atoms with Gasteiger partial charge >= 0.3 is 0 Å². The van der Waals surface area contributed by atoms with Crippen LogP contribution in [0.2, 0.25) is 0 Å². The standard InChI is InChI=1S/C20H21FN6O/c1-13(15-11-14(21)5-6-18(15)28-4)26(3)19-8-10-27-20(23-19)16(12-22-27)17-7-9-25(2)24-17/h5-13H,1-4H3. The van der Waals surface area contributed by atoms with E-state index in [9.17, 15) is 4.39 Å². The zero-order valence-corrected chi connectivity index (χ0v) is 16.2. The number of hydrogen-bond acceptors (Lipinski definition) is 5. The third-order valence-electron chi connectivity index (χ3n) is 4.93. The number of ether oxygens (including phenoxy) is 1. The summed E-state index contributed by atoms with van der Waals surface area (Å²) in [6.45, 7) is 1.99. The second kappa shape index (κ2) is 6.95. The van der Waals surface area contributed by atoms with E-state index in [0.29, 0.717) is 11.4 Å². The Hall–Kier alpha value is -3.42. The highest BCUT2D eigenvalue weighted by Crippen LogP contribution is 2.32. The first-order chi connectivity index (χ1) is 13.5. The maximum atomic E-state index is 13.8. The van der Waals surface area contributed by atoms with Gasteiger partial charge in [-0.3, -0.25) is 4.68 Å². The summed E-state index contributed by atoms with van der Waals surface area (Å²) in [5, 5.41) is 8.81. The Bertz CT molecular complexity index is 1130. The molecule has 4 aromatic rings. The minimum Gasteiger partial charge on any atom is -0.496 e. The Kier molecular flexibility index (Phi) is 4.46. The number of rotatable bonds is 5. The van der Waals surface area contributed by atoms with Crippen molar-refractivity contribution >= 4 is 11.5 Å². The first kappa shape index (κ1) is 18.0. The summed E-state index contributed by atoms with van der Waals surface area (Å²) in [7, 11) is 5.37. The number of hydrogen-bond donors (Lipinski definition) is 0. The molecule has 0 aliphatic rings. The van der Waals surface area contributed by atoms with Crippen LogP contribution in [0.3, 0.4) is 0 Å². The molecule has 0 aliphatic heterocycles. The van der Waals surface area contributed by atoms with Crippen LogP contribution in [0.15, 0.2) is 48.9 Å². The van der Waals surface area contributed by atoms with Crippen molar-refractivity contribution in [3.05, 3.63) is 60.3 Å². The number of aryl methyl sites for hydroxylation is 1. The van der Waals surface area contributed by atoms with Gasteiger partial charge in [-0.15, -0.1) is 0 Å². The molecule has 3 aromatic heterocycles. The average Bonchev–Trinajstić information content (AvgIpc) is 3.32. The van der Waals surface area contributed by atoms with E-state index in [1.54, 1.807) is 28.6 Å². The number of methoxy groups -OCH3 is 1. The quantitative estimate of drug-likeness (QED) is 0.531. The number of aromatic nitrogens is 5. The van der Waals surface area contributed by atoms with Crippen molar-refractivity contribution in [3.63, 3.8) is 0 Å². The SMILES string of the molecule is COc1ccc(F)cc1C(C)N(C)c1ccn2ncc(-c3ccn(C)n3)c2n1. The third kappa shape index (κ3) is 3.06. The Balaban J connectivity index is 1.73. The summed E-state index contributed by atoms with van der Waals surface area (Å²) in [6.07, 6.45) is 5.50. The van der Waals surface area contributed by atoms with Gasteiger partial charge in [-0.25, -0.2) is 13.9 Å². The fraction of sp³-hybridized carbons (Fsp3) is 0.250. The van der Waals surface area contributed by atoms with Gasteiger partial charge in [-0.1, -0.05) is 0 Å². The van der Waals surface area contributed by atoms with Gasteiger partial charge in [0, 0.05) is 32.1 Å². The minimum atomic E-state index is -0.298. The van der Waals surface area contributed by atoms with Crippen LogP contribution < -0.4 is 9.64 Å². The fourth-order valence-electron chi connectivity index (χ4n) is 3.23. The Morgan fingerprint density at radius 2 is 2.00 bits per heavy atom. The second-order valence-electron chi connectivity index (χ2n) is 6.66. The van der Waals surface area contributed by atoms with Crippen LogP contribution >= 0.6 is 0 Å². The number of benzene rings is 1. The highest BCUT2D eigenvalue weighted by atomic mass is 19.1. The van der Waals surface area contributed by atoms with Crippen LogP contribution in [0, 0.1) is 5.82 Å². The van der Waals surface area contributed by atoms with Crippen molar-refractivity contribution in [3.8, 4) is 17.0 Å². The molecule has 0 radical (unpaired) electrons. The van der Waals surface area contributed by atoms with Crippen molar-refractivity contribution in [2.45, 2.75) is 13.0 Å². The molecule has 0 fully saturated rings. The van der Waals surface area contributed by atoms with E-state index in [4.69, 9.17) is 9.72 Å². The Labute approximate surface area is 162 Å². The molecular formula is C20H21FN6O. The van der Waals surface area contributed by atoms with E-state index in [2.05, 4.69) is 10.2 Å². The van der Waals surface area contributed by atoms with Crippen LogP contribution in [0.1, 0.15) is 18.5 Å². The topological polar surface area (TPSA) is 60.5 Å². The molecule has 0 amide bonds. The van der Waals surface area contributed by atoms with Gasteiger partial charge in [0.1, 0.15) is 17.4 Å². The van der Waals surface area contributed by atoms with Gasteiger partial charge in [0.25, 0.3) is 0 Å². The van der Waals surface area contributed by atoms with Gasteiger partial charge in [-0.2, -0.15) is 10.2 Å². The molecule has 1 unspecified atom stereocenters. The van der Waals surface area contributed by atoms with E-state index in [1.807, 2.05) is 50.4 Å². The molecule has 0 spiro atoms. The highest BCUT2D eigenvalue weighted by Gasteiger charge is 2.20. The maximum absolute atomic E-state index is 13.8. The minimum absolute atomic E-state index is 0.151. The summed E-state index contributed by atoms with van der Waals surface area (Å²) in [5.74, 6) is 1.08. The van der Waals surface area contributed by atoms with Crippen molar-refractivity contribution in [2.75, 3.05) is 19.1 Å². The zero-order chi connectivity index (χ0) is 19.8. The number of anilines is 1. The monoisotopic (exact) mass is 380 g/mol. The molecule has 1 atom stereocenters. The van der Waals surface area contributed by atoms with Gasteiger partial charge in [0.05, 0.1) is 30.6 Å². The normalized spacial score (nSPS) is 12.3. The van der Waals surface area contributed by atoms with Crippen molar-refractivity contribution < 1.29 is 9.13 Å². The smallest absolute Gasteiger partial charge is 0.166 e. The van der Waals surface area contributed by atoms with Gasteiger partial charge < -0.3 is 9.64 Å². The average molecular weight is 380 g/mol. The number of nitrogens with zero attached hydrogens (tertiary/aromatic N) is 6. The predicted molar refractivity (Wildman–Crippen MR) is 105 cm³/mol. The lowest BCUT2D eigenvalue weighted by Crippen LogP contribution is -2.23. The number of fused-ring (bicyclic) bond motifs is 1. The van der Waals surface area contributed by atoms with E-state index in [1.165, 1.54) is 12.1 Å². The van der Waals surface area contributed by atoms with Crippen LogP contribution in [0.4, 0.5) is 10.2 Å². The van der Waals surface area contributed by atoms with E-state index < -0.39 is 0 Å². The maximum Gasteiger partial charge on any atom is 0.166 e. The Morgan fingerprint density at radius 3 is 2.71 bits per heavy atom. The van der Waals surface area contributed by atoms with Gasteiger partial charge in [-0.05, 0) is 37.3 Å². The summed E-state index contributed by atoms with van der Waals surface area (Å²) < 4.78 is 22.7. The lowest BCUT2D eigenvalue weighted by atomic mass is 10.1. The van der Waals surface area contributed by atoms with Crippen molar-refractivity contribution in [1.82, 2.24) is 24.4 Å². The van der Waals surface area contributed by atoms with Gasteiger partial charge in [0.15, 0.2) is 5.65 Å². The molecule has 0 aliphatic carbocycles. The molecule has 0 saturated carbocycles. The van der Waals surface area contributed by atoms with Crippen molar-refractivity contribution in [1.29, 1.82) is 0 Å². The van der Waals surface area contributed by atoms with E-state index in [0.717, 1.165) is 22.6 Å². The third-order valence-corrected chi connectivity index (χ3v) is 4.93. The predicted octanol–water partition coefficient (Wildman–Crippen LogP) is 3.47. The molecule has 3 heterocycles. The molecule has 8 heteroatoms. The van der Waals surface area contributed by atoms with Crippen LogP contribution in [-0.4, -0.2) is 38.5 Å². The number of halogens is 1. The van der Waals surface area contributed by atoms with Crippen LogP contribution in [0.25, 0.3) is 16.9 Å². The molecule has 4 rings (SSSR count). The summed E-state index contributed by atoms with van der Waals surface area (Å²) in [6, 6.07) is 8.19. The van der Waals surface area contributed by atoms with Gasteiger partial charge in [0.2, 0.25) is 0 Å². The molecular weight excluding hydrogens is 359 g/mol.